The van der Waals surface area contributed by atoms with Crippen molar-refractivity contribution in [2.24, 2.45) is 10.5 Å². The molecule has 0 bridgehead atoms. The summed E-state index contributed by atoms with van der Waals surface area (Å²) in [6.45, 7) is 1.74. The molecule has 0 saturated heterocycles. The van der Waals surface area contributed by atoms with Crippen molar-refractivity contribution in [3.8, 4) is 0 Å². The predicted molar refractivity (Wildman–Crippen MR) is 136 cm³/mol. The largest absolute Gasteiger partial charge is 0.468 e. The van der Waals surface area contributed by atoms with E-state index in [1.165, 1.54) is 28.4 Å². The number of benzene rings is 3. The van der Waals surface area contributed by atoms with Crippen LogP contribution in [0.2, 0.25) is 10.0 Å². The first-order valence-corrected chi connectivity index (χ1v) is 11.9. The van der Waals surface area contributed by atoms with Crippen molar-refractivity contribution in [1.82, 2.24) is 5.01 Å². The minimum absolute atomic E-state index is 0.0237. The van der Waals surface area contributed by atoms with E-state index in [2.05, 4.69) is 5.10 Å². The molecule has 4 rings (SSSR count). The number of methoxy groups -OCH3 is 1. The maximum Gasteiger partial charge on any atom is 0.355 e. The van der Waals surface area contributed by atoms with Gasteiger partial charge in [0.25, 0.3) is 0 Å². The van der Waals surface area contributed by atoms with Crippen LogP contribution in [0.5, 0.6) is 0 Å². The van der Waals surface area contributed by atoms with Gasteiger partial charge in [0.15, 0.2) is 0 Å². The Morgan fingerprint density at radius 3 is 2.15 bits per heavy atom. The monoisotopic (exact) mass is 513 g/mol. The van der Waals surface area contributed by atoms with Gasteiger partial charge in [0.2, 0.25) is 0 Å². The van der Waals surface area contributed by atoms with Gasteiger partial charge in [-0.2, -0.15) is 5.10 Å². The highest BCUT2D eigenvalue weighted by Crippen LogP contribution is 2.37. The van der Waals surface area contributed by atoms with Crippen molar-refractivity contribution in [3.05, 3.63) is 94.5 Å². The summed E-state index contributed by atoms with van der Waals surface area (Å²) in [6, 6.07) is 23.0. The summed E-state index contributed by atoms with van der Waals surface area (Å²) in [7, 11) is 1.32. The summed E-state index contributed by atoms with van der Waals surface area (Å²) in [5.74, 6) is -0.481. The Morgan fingerprint density at radius 2 is 1.56 bits per heavy atom. The molecule has 0 spiro atoms. The first kappa shape index (κ1) is 24.1. The minimum Gasteiger partial charge on any atom is -0.468 e. The Morgan fingerprint density at radius 1 is 0.971 bits per heavy atom. The number of amides is 2. The number of ether oxygens (including phenoxy) is 1. The van der Waals surface area contributed by atoms with Crippen molar-refractivity contribution in [2.45, 2.75) is 11.8 Å². The van der Waals surface area contributed by atoms with Crippen LogP contribution in [0.3, 0.4) is 0 Å². The van der Waals surface area contributed by atoms with Crippen molar-refractivity contribution in [1.29, 1.82) is 0 Å². The summed E-state index contributed by atoms with van der Waals surface area (Å²) < 4.78 is 6.60. The van der Waals surface area contributed by atoms with E-state index >= 15 is 0 Å². The lowest BCUT2D eigenvalue weighted by Crippen LogP contribution is -2.43. The third kappa shape index (κ3) is 4.92. The lowest BCUT2D eigenvalue weighted by atomic mass is 9.82. The molecule has 3 aromatic rings. The van der Waals surface area contributed by atoms with Crippen LogP contribution in [0.4, 0.5) is 10.5 Å². The van der Waals surface area contributed by atoms with Gasteiger partial charge in [-0.15, -0.1) is 0 Å². The number of urea groups is 1. The van der Waals surface area contributed by atoms with Crippen LogP contribution in [0, 0.1) is 5.41 Å². The number of carbonyl (C=O) groups is 2. The Hall–Kier alpha value is -3.00. The fraction of sp³-hybridized carbons (Fsp3) is 0.160. The number of rotatable bonds is 5. The molecule has 0 radical (unpaired) electrons. The quantitative estimate of drug-likeness (QED) is 0.287. The van der Waals surface area contributed by atoms with E-state index in [1.807, 2.05) is 30.3 Å². The Kier molecular flexibility index (Phi) is 7.16. The minimum atomic E-state index is -1.15. The first-order chi connectivity index (χ1) is 16.3. The van der Waals surface area contributed by atoms with Crippen molar-refractivity contribution >= 4 is 58.5 Å². The summed E-state index contributed by atoms with van der Waals surface area (Å²) in [5.41, 5.74) is 0.589. The van der Waals surface area contributed by atoms with E-state index in [0.717, 1.165) is 4.90 Å². The van der Waals surface area contributed by atoms with Gasteiger partial charge in [-0.1, -0.05) is 53.5 Å². The molecule has 0 saturated carbocycles. The van der Waals surface area contributed by atoms with E-state index in [1.54, 1.807) is 55.5 Å². The zero-order valence-electron chi connectivity index (χ0n) is 18.4. The highest BCUT2D eigenvalue weighted by atomic mass is 35.5. The normalized spacial score (nSPS) is 17.3. The Labute approximate surface area is 212 Å². The summed E-state index contributed by atoms with van der Waals surface area (Å²) in [4.78, 5) is 27.5. The number of esters is 1. The third-order valence-electron chi connectivity index (χ3n) is 5.36. The van der Waals surface area contributed by atoms with Gasteiger partial charge in [0, 0.05) is 14.9 Å². The first-order valence-electron chi connectivity index (χ1n) is 10.4. The molecule has 0 N–H and O–H groups in total. The van der Waals surface area contributed by atoms with Crippen LogP contribution in [0.15, 0.2) is 88.9 Å². The molecule has 1 aliphatic heterocycles. The molecule has 6 nitrogen and oxygen atoms in total. The average molecular weight is 514 g/mol. The smallest absolute Gasteiger partial charge is 0.355 e. The highest BCUT2D eigenvalue weighted by molar-refractivity contribution is 8.01. The number of anilines is 1. The molecule has 1 heterocycles. The lowest BCUT2D eigenvalue weighted by Gasteiger charge is -2.27. The Bertz CT molecular complexity index is 1220. The summed E-state index contributed by atoms with van der Waals surface area (Å²) in [5, 5.41) is 7.01. The zero-order valence-corrected chi connectivity index (χ0v) is 20.8. The molecule has 2 amide bonds. The maximum absolute atomic E-state index is 13.8. The molecule has 3 aromatic carbocycles. The molecule has 0 fully saturated rings. The molecule has 9 heteroatoms. The molecule has 34 heavy (non-hydrogen) atoms. The van der Waals surface area contributed by atoms with Crippen LogP contribution in [-0.4, -0.2) is 36.4 Å². The second-order valence-electron chi connectivity index (χ2n) is 7.79. The predicted octanol–water partition coefficient (Wildman–Crippen LogP) is 6.53. The van der Waals surface area contributed by atoms with Crippen LogP contribution in [-0.2, 0) is 9.53 Å². The number of nitrogens with zero attached hydrogens (tertiary/aromatic N) is 3. The second kappa shape index (κ2) is 10.1. The van der Waals surface area contributed by atoms with Crippen LogP contribution < -0.4 is 4.31 Å². The molecule has 1 unspecified atom stereocenters. The third-order valence-corrected chi connectivity index (χ3v) is 6.90. The van der Waals surface area contributed by atoms with Crippen molar-refractivity contribution < 1.29 is 14.3 Å². The van der Waals surface area contributed by atoms with Gasteiger partial charge in [-0.05, 0) is 73.0 Å². The van der Waals surface area contributed by atoms with E-state index in [0.29, 0.717) is 27.0 Å². The number of hydrazone groups is 1. The fourth-order valence-electron chi connectivity index (χ4n) is 3.59. The van der Waals surface area contributed by atoms with Crippen LogP contribution >= 0.6 is 35.1 Å². The van der Waals surface area contributed by atoms with Crippen molar-refractivity contribution in [3.63, 3.8) is 0 Å². The molecular weight excluding hydrogens is 493 g/mol. The van der Waals surface area contributed by atoms with Gasteiger partial charge in [0.1, 0.15) is 5.41 Å². The number of hydrogen-bond acceptors (Lipinski definition) is 5. The molecule has 1 aliphatic rings. The number of halogens is 2. The molecule has 174 valence electrons. The molecule has 1 atom stereocenters. The van der Waals surface area contributed by atoms with Gasteiger partial charge < -0.3 is 4.74 Å². The summed E-state index contributed by atoms with van der Waals surface area (Å²) >= 11 is 13.4. The van der Waals surface area contributed by atoms with Crippen molar-refractivity contribution in [2.75, 3.05) is 18.0 Å². The topological polar surface area (TPSA) is 62.2 Å². The molecular formula is C25H21Cl2N3O3S. The maximum atomic E-state index is 13.8. The zero-order chi connectivity index (χ0) is 24.3. The number of hydrogen-bond donors (Lipinski definition) is 0. The lowest BCUT2D eigenvalue weighted by molar-refractivity contribution is -0.147. The Balaban J connectivity index is 1.73. The van der Waals surface area contributed by atoms with Gasteiger partial charge >= 0.3 is 12.0 Å². The van der Waals surface area contributed by atoms with Crippen LogP contribution in [0.1, 0.15) is 12.5 Å². The second-order valence-corrected chi connectivity index (χ2v) is 9.69. The molecule has 0 aromatic heterocycles. The molecule has 0 aliphatic carbocycles. The van der Waals surface area contributed by atoms with Gasteiger partial charge in [0.05, 0.1) is 25.1 Å². The standard InChI is InChI=1S/C25H21Cl2N3O3S/c1-25(23(31)33-2)16-29(28-22(25)17-8-10-18(26)11-9-17)24(32)30(20-14-12-19(27)13-15-20)34-21-6-4-3-5-7-21/h3-15H,16H2,1-2H3. The van der Waals surface area contributed by atoms with E-state index in [9.17, 15) is 9.59 Å². The van der Waals surface area contributed by atoms with E-state index < -0.39 is 17.4 Å². The highest BCUT2D eigenvalue weighted by Gasteiger charge is 2.49. The fourth-order valence-corrected chi connectivity index (χ4v) is 4.73. The SMILES string of the molecule is COC(=O)C1(C)CN(C(=O)N(Sc2ccccc2)c2ccc(Cl)cc2)N=C1c1ccc(Cl)cc1. The van der Waals surface area contributed by atoms with Crippen LogP contribution in [0.25, 0.3) is 0 Å². The van der Waals surface area contributed by atoms with Gasteiger partial charge in [-0.25, -0.2) is 14.1 Å². The average Bonchev–Trinajstić information content (AvgIpc) is 3.22. The summed E-state index contributed by atoms with van der Waals surface area (Å²) in [6.07, 6.45) is 0. The number of carbonyl (C=O) groups excluding carboxylic acids is 2. The van der Waals surface area contributed by atoms with Gasteiger partial charge in [-0.3, -0.25) is 4.79 Å². The van der Waals surface area contributed by atoms with E-state index in [4.69, 9.17) is 27.9 Å². The van der Waals surface area contributed by atoms with E-state index in [-0.39, 0.29) is 6.54 Å².